The molecule has 130 valence electrons. The van der Waals surface area contributed by atoms with Gasteiger partial charge in [0.1, 0.15) is 28.9 Å². The third-order valence-electron chi connectivity index (χ3n) is 4.01. The van der Waals surface area contributed by atoms with E-state index in [1.54, 1.807) is 14.2 Å². The zero-order valence-corrected chi connectivity index (χ0v) is 15.9. The van der Waals surface area contributed by atoms with Crippen molar-refractivity contribution in [2.24, 2.45) is 0 Å². The minimum atomic E-state index is 0.167. The number of ether oxygens (including phenoxy) is 2. The van der Waals surface area contributed by atoms with Gasteiger partial charge in [0.25, 0.3) is 0 Å². The Morgan fingerprint density at radius 2 is 1.77 bits per heavy atom. The highest BCUT2D eigenvalue weighted by Gasteiger charge is 2.17. The molecular weight excluding hydrogens is 394 g/mol. The molecule has 6 heteroatoms. The number of rotatable bonds is 4. The van der Waals surface area contributed by atoms with Crippen molar-refractivity contribution in [2.45, 2.75) is 0 Å². The molecule has 0 aliphatic rings. The lowest BCUT2D eigenvalue weighted by Gasteiger charge is -2.14. The predicted octanol–water partition coefficient (Wildman–Crippen LogP) is 4.65. The van der Waals surface area contributed by atoms with E-state index in [9.17, 15) is 5.26 Å². The molecule has 0 saturated carbocycles. The first-order valence-electron chi connectivity index (χ1n) is 7.77. The van der Waals surface area contributed by atoms with Gasteiger partial charge in [-0.05, 0) is 35.9 Å². The van der Waals surface area contributed by atoms with E-state index in [2.05, 4.69) is 27.0 Å². The van der Waals surface area contributed by atoms with Crippen molar-refractivity contribution < 1.29 is 9.47 Å². The van der Waals surface area contributed by atoms with Gasteiger partial charge in [-0.2, -0.15) is 5.26 Å². The highest BCUT2D eigenvalue weighted by Crippen LogP contribution is 2.38. The summed E-state index contributed by atoms with van der Waals surface area (Å²) >= 11 is 3.54. The average Bonchev–Trinajstić information content (AvgIpc) is 2.67. The number of benzene rings is 2. The highest BCUT2D eigenvalue weighted by atomic mass is 79.9. The van der Waals surface area contributed by atoms with Crippen LogP contribution in [-0.4, -0.2) is 19.2 Å². The first-order chi connectivity index (χ1) is 12.6. The lowest BCUT2D eigenvalue weighted by atomic mass is 9.98. The van der Waals surface area contributed by atoms with Crippen LogP contribution in [0.2, 0.25) is 0 Å². The van der Waals surface area contributed by atoms with Crippen LogP contribution in [0, 0.1) is 11.3 Å². The molecule has 26 heavy (non-hydrogen) atoms. The van der Waals surface area contributed by atoms with Crippen LogP contribution in [0.3, 0.4) is 0 Å². The van der Waals surface area contributed by atoms with Crippen molar-refractivity contribution >= 4 is 21.7 Å². The number of nitrogen functional groups attached to an aromatic ring is 1. The molecule has 2 aromatic carbocycles. The third kappa shape index (κ3) is 3.22. The maximum absolute atomic E-state index is 9.57. The summed E-state index contributed by atoms with van der Waals surface area (Å²) in [6, 6.07) is 17.1. The number of nitrogens with zero attached hydrogens (tertiary/aromatic N) is 2. The lowest BCUT2D eigenvalue weighted by Crippen LogP contribution is -2.01. The van der Waals surface area contributed by atoms with Gasteiger partial charge in [-0.25, -0.2) is 4.98 Å². The summed E-state index contributed by atoms with van der Waals surface area (Å²) in [6.07, 6.45) is 0. The quantitative estimate of drug-likeness (QED) is 0.677. The second kappa shape index (κ2) is 7.46. The first-order valence-corrected chi connectivity index (χ1v) is 8.56. The van der Waals surface area contributed by atoms with Gasteiger partial charge in [0, 0.05) is 15.6 Å². The van der Waals surface area contributed by atoms with Crippen molar-refractivity contribution in [2.75, 3.05) is 20.0 Å². The third-order valence-corrected chi connectivity index (χ3v) is 4.70. The molecule has 0 spiro atoms. The second-order valence-electron chi connectivity index (χ2n) is 5.47. The number of nitrogens with two attached hydrogens (primary N) is 1. The van der Waals surface area contributed by atoms with E-state index >= 15 is 0 Å². The van der Waals surface area contributed by atoms with E-state index in [4.69, 9.17) is 15.2 Å². The smallest absolute Gasteiger partial charge is 0.142 e. The van der Waals surface area contributed by atoms with Crippen LogP contribution in [0.5, 0.6) is 11.5 Å². The molecule has 1 aromatic heterocycles. The van der Waals surface area contributed by atoms with Gasteiger partial charge in [-0.1, -0.05) is 34.1 Å². The molecule has 2 N–H and O–H groups in total. The molecule has 0 bridgehead atoms. The van der Waals surface area contributed by atoms with Gasteiger partial charge in [0.2, 0.25) is 0 Å². The van der Waals surface area contributed by atoms with Crippen LogP contribution >= 0.6 is 15.9 Å². The molecule has 3 aromatic rings. The number of methoxy groups -OCH3 is 2. The van der Waals surface area contributed by atoms with Crippen molar-refractivity contribution in [3.05, 3.63) is 58.6 Å². The van der Waals surface area contributed by atoms with E-state index in [0.717, 1.165) is 15.6 Å². The van der Waals surface area contributed by atoms with Crippen LogP contribution < -0.4 is 15.2 Å². The van der Waals surface area contributed by atoms with Gasteiger partial charge in [0.05, 0.1) is 19.9 Å². The standard InChI is InChI=1S/C20H16BrN3O2/c1-25-12-7-8-19(26-2)15(9-12)18-10-14(16(11-22)20(23)24-18)13-5-3-4-6-17(13)21/h3-10H,1-2H3,(H2,23,24). The fourth-order valence-electron chi connectivity index (χ4n) is 2.73. The normalized spacial score (nSPS) is 10.2. The fourth-order valence-corrected chi connectivity index (χ4v) is 3.22. The SMILES string of the molecule is COc1ccc(OC)c(-c2cc(-c3ccccc3Br)c(C#N)c(N)n2)c1. The number of aromatic nitrogens is 1. The molecule has 0 aliphatic carbocycles. The number of nitriles is 1. The molecule has 0 fully saturated rings. The van der Waals surface area contributed by atoms with E-state index in [-0.39, 0.29) is 5.82 Å². The van der Waals surface area contributed by atoms with E-state index in [1.165, 1.54) is 0 Å². The first kappa shape index (κ1) is 17.8. The molecule has 5 nitrogen and oxygen atoms in total. The van der Waals surface area contributed by atoms with Gasteiger partial charge in [0.15, 0.2) is 0 Å². The average molecular weight is 410 g/mol. The number of pyridine rings is 1. The molecule has 0 saturated heterocycles. The molecule has 0 aliphatic heterocycles. The number of anilines is 1. The Hall–Kier alpha value is -3.04. The largest absolute Gasteiger partial charge is 0.497 e. The monoisotopic (exact) mass is 409 g/mol. The van der Waals surface area contributed by atoms with Crippen molar-refractivity contribution in [1.82, 2.24) is 4.98 Å². The Labute approximate surface area is 160 Å². The molecular formula is C20H16BrN3O2. The Balaban J connectivity index is 2.30. The fraction of sp³-hybridized carbons (Fsp3) is 0.100. The van der Waals surface area contributed by atoms with E-state index in [1.807, 2.05) is 48.5 Å². The summed E-state index contributed by atoms with van der Waals surface area (Å²) in [5.41, 5.74) is 9.33. The summed E-state index contributed by atoms with van der Waals surface area (Å²) < 4.78 is 11.6. The summed E-state index contributed by atoms with van der Waals surface area (Å²) in [5.74, 6) is 1.48. The van der Waals surface area contributed by atoms with Gasteiger partial charge in [-0.15, -0.1) is 0 Å². The molecule has 3 rings (SSSR count). The summed E-state index contributed by atoms with van der Waals surface area (Å²) in [4.78, 5) is 4.42. The minimum Gasteiger partial charge on any atom is -0.497 e. The van der Waals surface area contributed by atoms with Crippen LogP contribution in [0.25, 0.3) is 22.4 Å². The predicted molar refractivity (Wildman–Crippen MR) is 105 cm³/mol. The van der Waals surface area contributed by atoms with Crippen LogP contribution in [0.15, 0.2) is 53.0 Å². The topological polar surface area (TPSA) is 81.2 Å². The van der Waals surface area contributed by atoms with Crippen molar-refractivity contribution in [3.8, 4) is 40.0 Å². The Morgan fingerprint density at radius 3 is 2.42 bits per heavy atom. The summed E-state index contributed by atoms with van der Waals surface area (Å²) in [6.45, 7) is 0. The Kier molecular flexibility index (Phi) is 5.10. The molecule has 0 radical (unpaired) electrons. The zero-order valence-electron chi connectivity index (χ0n) is 14.3. The number of hydrogen-bond acceptors (Lipinski definition) is 5. The number of hydrogen-bond donors (Lipinski definition) is 1. The molecule has 0 amide bonds. The van der Waals surface area contributed by atoms with Gasteiger partial charge in [-0.3, -0.25) is 0 Å². The van der Waals surface area contributed by atoms with E-state index < -0.39 is 0 Å². The van der Waals surface area contributed by atoms with E-state index in [0.29, 0.717) is 28.3 Å². The van der Waals surface area contributed by atoms with Crippen LogP contribution in [0.4, 0.5) is 5.82 Å². The Morgan fingerprint density at radius 1 is 1.00 bits per heavy atom. The van der Waals surface area contributed by atoms with Crippen LogP contribution in [0.1, 0.15) is 5.56 Å². The van der Waals surface area contributed by atoms with Crippen LogP contribution in [-0.2, 0) is 0 Å². The Bertz CT molecular complexity index is 1010. The molecule has 0 unspecified atom stereocenters. The number of halogens is 1. The van der Waals surface area contributed by atoms with Gasteiger partial charge < -0.3 is 15.2 Å². The van der Waals surface area contributed by atoms with Crippen molar-refractivity contribution in [1.29, 1.82) is 5.26 Å². The highest BCUT2D eigenvalue weighted by molar-refractivity contribution is 9.10. The maximum Gasteiger partial charge on any atom is 0.142 e. The van der Waals surface area contributed by atoms with Crippen molar-refractivity contribution in [3.63, 3.8) is 0 Å². The van der Waals surface area contributed by atoms with Gasteiger partial charge >= 0.3 is 0 Å². The lowest BCUT2D eigenvalue weighted by molar-refractivity contribution is 0.404. The molecule has 0 atom stereocenters. The molecule has 1 heterocycles. The minimum absolute atomic E-state index is 0.167. The second-order valence-corrected chi connectivity index (χ2v) is 6.33. The zero-order chi connectivity index (χ0) is 18.7. The summed E-state index contributed by atoms with van der Waals surface area (Å²) in [7, 11) is 3.19. The summed E-state index contributed by atoms with van der Waals surface area (Å²) in [5, 5.41) is 9.57. The maximum atomic E-state index is 9.57.